The van der Waals surface area contributed by atoms with Crippen LogP contribution < -0.4 is 16.0 Å². The number of thiocarbonyl (C=S) groups is 1. The fourth-order valence-corrected chi connectivity index (χ4v) is 6.91. The number of carbonyl (C=O) groups excluding carboxylic acids is 3. The Bertz CT molecular complexity index is 1360. The third-order valence-electron chi connectivity index (χ3n) is 9.10. The van der Waals surface area contributed by atoms with Crippen LogP contribution in [0.3, 0.4) is 0 Å². The molecule has 11 nitrogen and oxygen atoms in total. The third kappa shape index (κ3) is 7.77. The molecule has 3 amide bonds. The third-order valence-corrected chi connectivity index (χ3v) is 9.47. The van der Waals surface area contributed by atoms with Crippen molar-refractivity contribution in [3.8, 4) is 0 Å². The first-order valence-electron chi connectivity index (χ1n) is 16.0. The summed E-state index contributed by atoms with van der Waals surface area (Å²) in [4.78, 5) is 56.7. The van der Waals surface area contributed by atoms with E-state index in [2.05, 4.69) is 33.0 Å². The van der Waals surface area contributed by atoms with E-state index in [1.807, 2.05) is 24.3 Å². The summed E-state index contributed by atoms with van der Waals surface area (Å²) < 4.78 is 5.46. The molecule has 4 aliphatic rings. The van der Waals surface area contributed by atoms with Crippen LogP contribution in [0.15, 0.2) is 36.4 Å². The predicted octanol–water partition coefficient (Wildman–Crippen LogP) is 3.26. The summed E-state index contributed by atoms with van der Waals surface area (Å²) >= 11 is 5.80. The van der Waals surface area contributed by atoms with Crippen LogP contribution in [-0.2, 0) is 32.1 Å². The molecule has 244 valence electrons. The number of fused-ring (bicyclic) bond motifs is 3. The molecule has 45 heavy (non-hydrogen) atoms. The molecule has 3 heterocycles. The van der Waals surface area contributed by atoms with E-state index in [1.165, 1.54) is 16.0 Å². The van der Waals surface area contributed by atoms with Crippen molar-refractivity contribution in [2.75, 3.05) is 13.1 Å². The summed E-state index contributed by atoms with van der Waals surface area (Å²) in [5.41, 5.74) is 0.374. The van der Waals surface area contributed by atoms with Gasteiger partial charge >= 0.3 is 12.1 Å². The summed E-state index contributed by atoms with van der Waals surface area (Å²) in [5, 5.41) is 19.6. The molecule has 0 spiro atoms. The molecule has 0 radical (unpaired) electrons. The Morgan fingerprint density at radius 1 is 1.11 bits per heavy atom. The number of ether oxygens (including phenoxy) is 1. The average Bonchev–Trinajstić information content (AvgIpc) is 3.51. The Balaban J connectivity index is 1.36. The van der Waals surface area contributed by atoms with Crippen molar-refractivity contribution in [2.45, 2.75) is 108 Å². The summed E-state index contributed by atoms with van der Waals surface area (Å²) in [6.45, 7) is 6.85. The molecule has 2 fully saturated rings. The maximum atomic E-state index is 14.2. The van der Waals surface area contributed by atoms with Crippen LogP contribution in [0.1, 0.15) is 76.8 Å². The molecule has 5 atom stereocenters. The van der Waals surface area contributed by atoms with Gasteiger partial charge in [0.2, 0.25) is 11.8 Å². The highest BCUT2D eigenvalue weighted by molar-refractivity contribution is 7.80. The van der Waals surface area contributed by atoms with Crippen molar-refractivity contribution in [1.29, 1.82) is 0 Å². The lowest BCUT2D eigenvalue weighted by atomic mass is 10.0. The number of allylic oxidation sites excluding steroid dienone is 1. The molecule has 1 saturated heterocycles. The number of nitrogens with one attached hydrogen (secondary N) is 3. The van der Waals surface area contributed by atoms with Gasteiger partial charge in [0.1, 0.15) is 23.2 Å². The van der Waals surface area contributed by atoms with E-state index in [4.69, 9.17) is 17.0 Å². The number of rotatable bonds is 3. The zero-order chi connectivity index (χ0) is 32.4. The van der Waals surface area contributed by atoms with Gasteiger partial charge in [0, 0.05) is 31.6 Å². The zero-order valence-electron chi connectivity index (χ0n) is 26.3. The van der Waals surface area contributed by atoms with Crippen molar-refractivity contribution < 1.29 is 29.0 Å². The van der Waals surface area contributed by atoms with Gasteiger partial charge in [-0.15, -0.1) is 0 Å². The summed E-state index contributed by atoms with van der Waals surface area (Å²) in [7, 11) is 0. The topological polar surface area (TPSA) is 140 Å². The lowest BCUT2D eigenvalue weighted by molar-refractivity contribution is -0.145. The second-order valence-corrected chi connectivity index (χ2v) is 14.1. The second-order valence-electron chi connectivity index (χ2n) is 13.7. The van der Waals surface area contributed by atoms with E-state index in [-0.39, 0.29) is 24.9 Å². The van der Waals surface area contributed by atoms with Gasteiger partial charge in [0.15, 0.2) is 5.11 Å². The fourth-order valence-electron chi connectivity index (χ4n) is 6.59. The maximum Gasteiger partial charge on any atom is 0.408 e. The summed E-state index contributed by atoms with van der Waals surface area (Å²) in [6.07, 6.45) is 8.11. The van der Waals surface area contributed by atoms with Crippen molar-refractivity contribution in [1.82, 2.24) is 25.8 Å². The van der Waals surface area contributed by atoms with Crippen molar-refractivity contribution >= 4 is 41.2 Å². The van der Waals surface area contributed by atoms with Crippen LogP contribution in [0, 0.1) is 5.92 Å². The predicted molar refractivity (Wildman–Crippen MR) is 172 cm³/mol. The molecular formula is C33H45N5O6S. The van der Waals surface area contributed by atoms with Gasteiger partial charge < -0.3 is 35.6 Å². The molecular weight excluding hydrogens is 594 g/mol. The van der Waals surface area contributed by atoms with Gasteiger partial charge in [-0.25, -0.2) is 9.59 Å². The number of amides is 3. The average molecular weight is 640 g/mol. The second kappa shape index (κ2) is 13.4. The highest BCUT2D eigenvalue weighted by atomic mass is 32.1. The van der Waals surface area contributed by atoms with Gasteiger partial charge in [-0.2, -0.15) is 0 Å². The lowest BCUT2D eigenvalue weighted by Crippen LogP contribution is -2.56. The molecule has 0 aromatic heterocycles. The number of carboxylic acids is 1. The molecule has 3 aliphatic heterocycles. The van der Waals surface area contributed by atoms with Crippen molar-refractivity contribution in [3.05, 3.63) is 47.5 Å². The smallest absolute Gasteiger partial charge is 0.408 e. The van der Waals surface area contributed by atoms with E-state index in [0.29, 0.717) is 30.9 Å². The quantitative estimate of drug-likeness (QED) is 0.290. The minimum absolute atomic E-state index is 0.178. The van der Waals surface area contributed by atoms with Crippen LogP contribution in [0.5, 0.6) is 0 Å². The number of benzene rings is 1. The molecule has 0 unspecified atom stereocenters. The SMILES string of the molecule is CC(C)(C)OC(=O)N[C@H]1CCCCC/C=C\[C@H]2C[C@@]2(C(=O)O)NC(=O)[C@@H]2C[C@@H](NC(=S)N3CCc4ccccc4C3)CN2C1=O. The normalized spacial score (nSPS) is 29.5. The van der Waals surface area contributed by atoms with E-state index in [1.54, 1.807) is 20.8 Å². The minimum Gasteiger partial charge on any atom is -0.479 e. The standard InChI is InChI=1S/C33H45N5O6S/c1-32(2,3)44-31(43)35-25-14-8-6-4-5-7-13-23-18-33(23,29(41)42)36-27(39)26-17-24(20-38(26)28(25)40)34-30(45)37-16-15-21-11-9-10-12-22(21)19-37/h7,9-13,23-26H,4-6,8,14-20H2,1-3H3,(H,34,45)(H,35,43)(H,36,39)(H,41,42)/b13-7-/t23-,24+,25-,26-,33+/m0/s1. The molecule has 0 bridgehead atoms. The number of hydrogen-bond donors (Lipinski definition) is 4. The van der Waals surface area contributed by atoms with Crippen LogP contribution in [-0.4, -0.2) is 86.3 Å². The van der Waals surface area contributed by atoms with E-state index in [9.17, 15) is 24.3 Å². The van der Waals surface area contributed by atoms with E-state index < -0.39 is 47.1 Å². The van der Waals surface area contributed by atoms with Crippen molar-refractivity contribution in [2.24, 2.45) is 5.92 Å². The molecule has 1 aromatic rings. The number of aliphatic carboxylic acids is 1. The highest BCUT2D eigenvalue weighted by Crippen LogP contribution is 2.45. The number of nitrogens with zero attached hydrogens (tertiary/aromatic N) is 2. The largest absolute Gasteiger partial charge is 0.479 e. The number of carboxylic acid groups (broad SMARTS) is 1. The maximum absolute atomic E-state index is 14.2. The van der Waals surface area contributed by atoms with Gasteiger partial charge in [-0.3, -0.25) is 9.59 Å². The van der Waals surface area contributed by atoms with Gasteiger partial charge in [-0.1, -0.05) is 49.3 Å². The number of hydrogen-bond acceptors (Lipinski definition) is 6. The first kappa shape index (κ1) is 32.7. The molecule has 1 aromatic carbocycles. The van der Waals surface area contributed by atoms with Crippen LogP contribution in [0.2, 0.25) is 0 Å². The Morgan fingerprint density at radius 2 is 1.87 bits per heavy atom. The Hall–Kier alpha value is -3.67. The van der Waals surface area contributed by atoms with Crippen LogP contribution in [0.25, 0.3) is 0 Å². The monoisotopic (exact) mass is 639 g/mol. The summed E-state index contributed by atoms with van der Waals surface area (Å²) in [6, 6.07) is 6.09. The number of carbonyl (C=O) groups is 4. The number of alkyl carbamates (subject to hydrolysis) is 1. The van der Waals surface area contributed by atoms with Crippen LogP contribution in [0.4, 0.5) is 4.79 Å². The first-order valence-corrected chi connectivity index (χ1v) is 16.4. The molecule has 5 rings (SSSR count). The fraction of sp³-hybridized carbons (Fsp3) is 0.606. The molecule has 1 saturated carbocycles. The first-order chi connectivity index (χ1) is 21.4. The zero-order valence-corrected chi connectivity index (χ0v) is 27.2. The van der Waals surface area contributed by atoms with Gasteiger partial charge in [0.05, 0.1) is 0 Å². The Labute approximate surface area is 270 Å². The Kier molecular flexibility index (Phi) is 9.71. The molecule has 12 heteroatoms. The van der Waals surface area contributed by atoms with Gasteiger partial charge in [0.25, 0.3) is 0 Å². The minimum atomic E-state index is -1.39. The van der Waals surface area contributed by atoms with Crippen LogP contribution >= 0.6 is 12.2 Å². The lowest BCUT2D eigenvalue weighted by Gasteiger charge is -2.32. The van der Waals surface area contributed by atoms with E-state index in [0.717, 1.165) is 32.2 Å². The molecule has 1 aliphatic carbocycles. The van der Waals surface area contributed by atoms with Gasteiger partial charge in [-0.05, 0) is 82.6 Å². The molecule has 4 N–H and O–H groups in total. The summed E-state index contributed by atoms with van der Waals surface area (Å²) in [5.74, 6) is -2.31. The van der Waals surface area contributed by atoms with Crippen molar-refractivity contribution in [3.63, 3.8) is 0 Å². The Morgan fingerprint density at radius 3 is 2.60 bits per heavy atom. The highest BCUT2D eigenvalue weighted by Gasteiger charge is 2.61. The van der Waals surface area contributed by atoms with E-state index >= 15 is 0 Å².